The van der Waals surface area contributed by atoms with Gasteiger partial charge in [-0.05, 0) is 35.6 Å². The minimum absolute atomic E-state index is 0.0677. The van der Waals surface area contributed by atoms with E-state index in [1.54, 1.807) is 12.1 Å². The number of amides is 1. The first kappa shape index (κ1) is 15.7. The summed E-state index contributed by atoms with van der Waals surface area (Å²) in [6, 6.07) is 15.8. The molecule has 1 aliphatic rings. The molecule has 1 saturated heterocycles. The van der Waals surface area contributed by atoms with Gasteiger partial charge >= 0.3 is 0 Å². The molecule has 0 radical (unpaired) electrons. The number of rotatable bonds is 3. The molecule has 3 rings (SSSR count). The highest BCUT2D eigenvalue weighted by Crippen LogP contribution is 2.36. The number of carbonyl (C=O) groups excluding carboxylic acids is 1. The van der Waals surface area contributed by atoms with E-state index in [9.17, 15) is 14.3 Å². The minimum Gasteiger partial charge on any atom is -0.373 e. The van der Waals surface area contributed by atoms with Crippen LogP contribution in [0.1, 0.15) is 30.4 Å². The number of aliphatic hydroxyl groups is 1. The Morgan fingerprint density at radius 3 is 2.43 bits per heavy atom. The first-order valence-electron chi connectivity index (χ1n) is 7.84. The fraction of sp³-hybridized carbons (Fsp3) is 0.316. The van der Waals surface area contributed by atoms with Gasteiger partial charge in [0.2, 0.25) is 5.91 Å². The second kappa shape index (κ2) is 6.50. The lowest BCUT2D eigenvalue weighted by Gasteiger charge is -2.40. The molecular formula is C19H20FNO2. The zero-order valence-electron chi connectivity index (χ0n) is 13.0. The van der Waals surface area contributed by atoms with Crippen molar-refractivity contribution >= 4 is 5.91 Å². The van der Waals surface area contributed by atoms with Crippen LogP contribution in [0.2, 0.25) is 0 Å². The number of nitrogens with zero attached hydrogens (tertiary/aromatic N) is 1. The van der Waals surface area contributed by atoms with Crippen molar-refractivity contribution in [3.63, 3.8) is 0 Å². The molecule has 3 atom stereocenters. The van der Waals surface area contributed by atoms with Gasteiger partial charge in [0.25, 0.3) is 0 Å². The topological polar surface area (TPSA) is 40.5 Å². The number of piperidine rings is 1. The molecular weight excluding hydrogens is 293 g/mol. The maximum absolute atomic E-state index is 13.1. The lowest BCUT2D eigenvalue weighted by atomic mass is 9.80. The highest BCUT2D eigenvalue weighted by atomic mass is 19.1. The van der Waals surface area contributed by atoms with Crippen LogP contribution in [0.5, 0.6) is 0 Å². The Morgan fingerprint density at radius 2 is 1.78 bits per heavy atom. The van der Waals surface area contributed by atoms with Crippen LogP contribution in [-0.4, -0.2) is 22.1 Å². The van der Waals surface area contributed by atoms with Gasteiger partial charge < -0.3 is 10.0 Å². The van der Waals surface area contributed by atoms with Crippen molar-refractivity contribution in [1.29, 1.82) is 0 Å². The number of halogens is 1. The first-order valence-corrected chi connectivity index (χ1v) is 7.84. The highest BCUT2D eigenvalue weighted by Gasteiger charge is 2.39. The molecule has 1 amide bonds. The molecule has 3 nitrogen and oxygen atoms in total. The third-order valence-corrected chi connectivity index (χ3v) is 4.59. The summed E-state index contributed by atoms with van der Waals surface area (Å²) >= 11 is 0. The Labute approximate surface area is 135 Å². The number of aliphatic hydroxyl groups excluding tert-OH is 1. The maximum atomic E-state index is 13.1. The third-order valence-electron chi connectivity index (χ3n) is 4.59. The summed E-state index contributed by atoms with van der Waals surface area (Å²) in [4.78, 5) is 14.2. The van der Waals surface area contributed by atoms with Crippen LogP contribution in [0.15, 0.2) is 54.6 Å². The second-order valence-electron chi connectivity index (χ2n) is 6.11. The number of benzene rings is 2. The van der Waals surface area contributed by atoms with Crippen LogP contribution in [-0.2, 0) is 11.3 Å². The van der Waals surface area contributed by atoms with Crippen molar-refractivity contribution in [2.75, 3.05) is 0 Å². The Bertz CT molecular complexity index is 672. The van der Waals surface area contributed by atoms with Gasteiger partial charge in [-0.2, -0.15) is 0 Å². The molecule has 1 aliphatic heterocycles. The van der Waals surface area contributed by atoms with Gasteiger partial charge in [0.15, 0.2) is 0 Å². The molecule has 23 heavy (non-hydrogen) atoms. The number of carbonyl (C=O) groups is 1. The summed E-state index contributed by atoms with van der Waals surface area (Å²) in [6.45, 7) is 2.28. The van der Waals surface area contributed by atoms with Crippen molar-refractivity contribution in [3.05, 3.63) is 71.5 Å². The van der Waals surface area contributed by atoms with Gasteiger partial charge in [-0.3, -0.25) is 4.79 Å². The molecule has 0 spiro atoms. The fourth-order valence-electron chi connectivity index (χ4n) is 3.24. The lowest BCUT2D eigenvalue weighted by Crippen LogP contribution is -2.49. The lowest BCUT2D eigenvalue weighted by molar-refractivity contribution is -0.155. The molecule has 1 heterocycles. The predicted molar refractivity (Wildman–Crippen MR) is 85.9 cm³/mol. The largest absolute Gasteiger partial charge is 0.373 e. The van der Waals surface area contributed by atoms with Gasteiger partial charge in [-0.1, -0.05) is 49.4 Å². The van der Waals surface area contributed by atoms with Gasteiger partial charge in [0.1, 0.15) is 12.0 Å². The van der Waals surface area contributed by atoms with Gasteiger partial charge in [-0.25, -0.2) is 4.39 Å². The van der Waals surface area contributed by atoms with Crippen LogP contribution < -0.4 is 0 Å². The maximum Gasteiger partial charge on any atom is 0.228 e. The van der Waals surface area contributed by atoms with E-state index in [1.165, 1.54) is 17.0 Å². The summed E-state index contributed by atoms with van der Waals surface area (Å²) in [5, 5.41) is 10.4. The van der Waals surface area contributed by atoms with Crippen LogP contribution >= 0.6 is 0 Å². The summed E-state index contributed by atoms with van der Waals surface area (Å²) in [5.74, 6) is -0.700. The number of hydrogen-bond donors (Lipinski definition) is 1. The van der Waals surface area contributed by atoms with E-state index >= 15 is 0 Å². The van der Waals surface area contributed by atoms with Crippen LogP contribution in [0.4, 0.5) is 4.39 Å². The number of likely N-dealkylation sites (tertiary alicyclic amines) is 1. The predicted octanol–water partition coefficient (Wildman–Crippen LogP) is 3.30. The summed E-state index contributed by atoms with van der Waals surface area (Å²) in [5.41, 5.74) is 1.89. The zero-order valence-corrected chi connectivity index (χ0v) is 13.0. The van der Waals surface area contributed by atoms with Crippen LogP contribution in [0.3, 0.4) is 0 Å². The van der Waals surface area contributed by atoms with Crippen molar-refractivity contribution in [2.24, 2.45) is 5.92 Å². The molecule has 0 saturated carbocycles. The van der Waals surface area contributed by atoms with E-state index in [2.05, 4.69) is 0 Å². The standard InChI is InChI=1S/C19H20FNO2/c1-13-17(15-7-9-16(20)10-8-15)11-18(22)21(19(13)23)12-14-5-3-2-4-6-14/h2-10,13,17-18,22H,11-12H2,1H3/t13-,17+,18?/m0/s1. The number of hydrogen-bond acceptors (Lipinski definition) is 2. The Kier molecular flexibility index (Phi) is 4.44. The van der Waals surface area contributed by atoms with Crippen molar-refractivity contribution in [2.45, 2.75) is 32.0 Å². The van der Waals surface area contributed by atoms with E-state index in [-0.39, 0.29) is 23.6 Å². The van der Waals surface area contributed by atoms with Gasteiger partial charge in [-0.15, -0.1) is 0 Å². The van der Waals surface area contributed by atoms with Gasteiger partial charge in [0.05, 0.1) is 0 Å². The average Bonchev–Trinajstić information content (AvgIpc) is 2.57. The molecule has 2 aromatic rings. The SMILES string of the molecule is C[C@@H]1C(=O)N(Cc2ccccc2)C(O)C[C@H]1c1ccc(F)cc1. The van der Waals surface area contributed by atoms with E-state index in [0.717, 1.165) is 11.1 Å². The zero-order chi connectivity index (χ0) is 16.4. The first-order chi connectivity index (χ1) is 11.1. The molecule has 120 valence electrons. The van der Waals surface area contributed by atoms with Crippen LogP contribution in [0, 0.1) is 11.7 Å². The molecule has 1 N–H and O–H groups in total. The smallest absolute Gasteiger partial charge is 0.228 e. The molecule has 1 unspecified atom stereocenters. The Balaban J connectivity index is 1.78. The van der Waals surface area contributed by atoms with Gasteiger partial charge in [0, 0.05) is 12.5 Å². The van der Waals surface area contributed by atoms with Crippen molar-refractivity contribution in [3.8, 4) is 0 Å². The highest BCUT2D eigenvalue weighted by molar-refractivity contribution is 5.80. The average molecular weight is 313 g/mol. The molecule has 0 aromatic heterocycles. The molecule has 0 aliphatic carbocycles. The summed E-state index contributed by atoms with van der Waals surface area (Å²) in [6.07, 6.45) is -0.361. The quantitative estimate of drug-likeness (QED) is 0.944. The molecule has 1 fully saturated rings. The fourth-order valence-corrected chi connectivity index (χ4v) is 3.24. The Hall–Kier alpha value is -2.20. The monoisotopic (exact) mass is 313 g/mol. The third kappa shape index (κ3) is 3.27. The normalized spacial score (nSPS) is 24.7. The minimum atomic E-state index is -0.825. The van der Waals surface area contributed by atoms with E-state index < -0.39 is 6.23 Å². The summed E-state index contributed by atoms with van der Waals surface area (Å²) < 4.78 is 13.1. The molecule has 2 aromatic carbocycles. The molecule has 0 bridgehead atoms. The Morgan fingerprint density at radius 1 is 1.13 bits per heavy atom. The van der Waals surface area contributed by atoms with E-state index in [4.69, 9.17) is 0 Å². The van der Waals surface area contributed by atoms with E-state index in [0.29, 0.717) is 13.0 Å². The van der Waals surface area contributed by atoms with E-state index in [1.807, 2.05) is 37.3 Å². The van der Waals surface area contributed by atoms with Crippen LogP contribution in [0.25, 0.3) is 0 Å². The second-order valence-corrected chi connectivity index (χ2v) is 6.11. The summed E-state index contributed by atoms with van der Waals surface area (Å²) in [7, 11) is 0. The van der Waals surface area contributed by atoms with Crippen molar-refractivity contribution < 1.29 is 14.3 Å². The molecule has 4 heteroatoms. The van der Waals surface area contributed by atoms with Crippen molar-refractivity contribution in [1.82, 2.24) is 4.90 Å².